The number of hydrogen-bond donors (Lipinski definition) is 0. The molecule has 1 fully saturated rings. The standard InChI is InChI=1S/C31H26F6N2OS/c32-30(33,34)23-15-22(16-24(17-23)31(35,36)37)29(40)39-13-11-26(18-25(39)14-20-6-2-1-3-7-20)41-19-21-10-12-38-28-9-5-4-8-27(21)28/h1-10,12,15-17,25-26H,11,13-14,18-19H2/t25-,26+/m1/s1. The van der Waals surface area contributed by atoms with Crippen LogP contribution in [0, 0.1) is 0 Å². The first-order valence-electron chi connectivity index (χ1n) is 13.1. The molecule has 0 saturated carbocycles. The Kier molecular flexibility index (Phi) is 8.31. The average molecular weight is 589 g/mol. The third-order valence-electron chi connectivity index (χ3n) is 7.29. The summed E-state index contributed by atoms with van der Waals surface area (Å²) in [6.45, 7) is 0.225. The second-order valence-electron chi connectivity index (χ2n) is 10.1. The number of carbonyl (C=O) groups excluding carboxylic acids is 1. The van der Waals surface area contributed by atoms with E-state index in [1.165, 1.54) is 4.90 Å². The molecule has 0 unspecified atom stereocenters. The van der Waals surface area contributed by atoms with Gasteiger partial charge in [-0.3, -0.25) is 9.78 Å². The number of para-hydroxylation sites is 1. The summed E-state index contributed by atoms with van der Waals surface area (Å²) in [5.74, 6) is -0.117. The molecule has 3 aromatic carbocycles. The second-order valence-corrected chi connectivity index (χ2v) is 11.4. The first-order valence-corrected chi connectivity index (χ1v) is 14.1. The molecule has 10 heteroatoms. The molecule has 214 valence electrons. The van der Waals surface area contributed by atoms with Gasteiger partial charge in [0.05, 0.1) is 16.6 Å². The topological polar surface area (TPSA) is 33.2 Å². The summed E-state index contributed by atoms with van der Waals surface area (Å²) in [5, 5.41) is 1.20. The Morgan fingerprint density at radius 2 is 1.54 bits per heavy atom. The highest BCUT2D eigenvalue weighted by atomic mass is 32.2. The lowest BCUT2D eigenvalue weighted by Crippen LogP contribution is -2.48. The molecule has 0 aliphatic carbocycles. The van der Waals surface area contributed by atoms with Crippen molar-refractivity contribution >= 4 is 28.6 Å². The number of thioether (sulfide) groups is 1. The van der Waals surface area contributed by atoms with E-state index in [1.807, 2.05) is 60.7 Å². The highest BCUT2D eigenvalue weighted by Crippen LogP contribution is 2.38. The van der Waals surface area contributed by atoms with E-state index < -0.39 is 41.0 Å². The summed E-state index contributed by atoms with van der Waals surface area (Å²) in [5.41, 5.74) is -0.647. The Bertz CT molecular complexity index is 1490. The lowest BCUT2D eigenvalue weighted by molar-refractivity contribution is -0.143. The van der Waals surface area contributed by atoms with Gasteiger partial charge < -0.3 is 4.90 Å². The van der Waals surface area contributed by atoms with E-state index in [4.69, 9.17) is 0 Å². The maximum Gasteiger partial charge on any atom is 0.416 e. The molecular formula is C31H26F6N2OS. The molecular weight excluding hydrogens is 562 g/mol. The molecule has 2 heterocycles. The van der Waals surface area contributed by atoms with Crippen LogP contribution in [0.2, 0.25) is 0 Å². The van der Waals surface area contributed by atoms with Crippen molar-refractivity contribution in [2.45, 2.75) is 48.7 Å². The van der Waals surface area contributed by atoms with E-state index >= 15 is 0 Å². The molecule has 0 radical (unpaired) electrons. The summed E-state index contributed by atoms with van der Waals surface area (Å²) in [6, 6.07) is 19.9. The quantitative estimate of drug-likeness (QED) is 0.212. The van der Waals surface area contributed by atoms with Gasteiger partial charge in [0.1, 0.15) is 0 Å². The summed E-state index contributed by atoms with van der Waals surface area (Å²) in [4.78, 5) is 19.4. The SMILES string of the molecule is O=C(c1cc(C(F)(F)F)cc(C(F)(F)F)c1)N1CC[C@H](SCc2ccnc3ccccc23)C[C@H]1Cc1ccccc1. The Hall–Kier alpha value is -3.53. The third-order valence-corrected chi connectivity index (χ3v) is 8.67. The average Bonchev–Trinajstić information content (AvgIpc) is 2.95. The lowest BCUT2D eigenvalue weighted by atomic mass is 9.94. The number of likely N-dealkylation sites (tertiary alicyclic amines) is 1. The molecule has 2 atom stereocenters. The van der Waals surface area contributed by atoms with Gasteiger partial charge >= 0.3 is 12.4 Å². The highest BCUT2D eigenvalue weighted by Gasteiger charge is 2.39. The second kappa shape index (κ2) is 11.8. The number of amides is 1. The summed E-state index contributed by atoms with van der Waals surface area (Å²) in [7, 11) is 0. The summed E-state index contributed by atoms with van der Waals surface area (Å²) in [6.07, 6.45) is -6.73. The number of rotatable bonds is 6. The van der Waals surface area contributed by atoms with Gasteiger partial charge in [-0.15, -0.1) is 0 Å². The van der Waals surface area contributed by atoms with Crippen molar-refractivity contribution in [3.63, 3.8) is 0 Å². The van der Waals surface area contributed by atoms with E-state index in [0.29, 0.717) is 37.1 Å². The number of carbonyl (C=O) groups is 1. The van der Waals surface area contributed by atoms with Crippen LogP contribution < -0.4 is 0 Å². The number of fused-ring (bicyclic) bond motifs is 1. The largest absolute Gasteiger partial charge is 0.416 e. The van der Waals surface area contributed by atoms with Gasteiger partial charge in [-0.1, -0.05) is 48.5 Å². The van der Waals surface area contributed by atoms with Crippen molar-refractivity contribution in [3.05, 3.63) is 113 Å². The number of hydrogen-bond acceptors (Lipinski definition) is 3. The van der Waals surface area contributed by atoms with Gasteiger partial charge in [0, 0.05) is 40.7 Å². The highest BCUT2D eigenvalue weighted by molar-refractivity contribution is 7.99. The number of aromatic nitrogens is 1. The Balaban J connectivity index is 1.40. The zero-order chi connectivity index (χ0) is 29.2. The molecule has 1 saturated heterocycles. The minimum Gasteiger partial charge on any atom is -0.335 e. The van der Waals surface area contributed by atoms with Crippen molar-refractivity contribution in [2.75, 3.05) is 6.54 Å². The van der Waals surface area contributed by atoms with Gasteiger partial charge in [-0.05, 0) is 60.7 Å². The van der Waals surface area contributed by atoms with E-state index in [1.54, 1.807) is 18.0 Å². The molecule has 1 aliphatic heterocycles. The monoisotopic (exact) mass is 588 g/mol. The molecule has 4 aromatic rings. The molecule has 1 amide bonds. The normalized spacial score (nSPS) is 18.0. The van der Waals surface area contributed by atoms with E-state index in [9.17, 15) is 31.1 Å². The Morgan fingerprint density at radius 3 is 2.22 bits per heavy atom. The molecule has 1 aliphatic rings. The van der Waals surface area contributed by atoms with Crippen LogP contribution in [0.4, 0.5) is 26.3 Å². The number of benzene rings is 3. The van der Waals surface area contributed by atoms with E-state index in [0.717, 1.165) is 22.0 Å². The fraction of sp³-hybridized carbons (Fsp3) is 0.290. The Labute approximate surface area is 237 Å². The predicted octanol–water partition coefficient (Wildman–Crippen LogP) is 8.42. The molecule has 5 rings (SSSR count). The van der Waals surface area contributed by atoms with Crippen molar-refractivity contribution < 1.29 is 31.1 Å². The smallest absolute Gasteiger partial charge is 0.335 e. The number of halogens is 6. The van der Waals surface area contributed by atoms with Crippen molar-refractivity contribution in [2.24, 2.45) is 0 Å². The third kappa shape index (κ3) is 6.86. The van der Waals surface area contributed by atoms with Gasteiger partial charge in [0.15, 0.2) is 0 Å². The van der Waals surface area contributed by atoms with Crippen LogP contribution in [0.1, 0.15) is 45.5 Å². The van der Waals surface area contributed by atoms with E-state index in [2.05, 4.69) is 4.98 Å². The molecule has 0 spiro atoms. The number of piperidine rings is 1. The Morgan fingerprint density at radius 1 is 0.878 bits per heavy atom. The van der Waals surface area contributed by atoms with Gasteiger partial charge in [-0.25, -0.2) is 0 Å². The van der Waals surface area contributed by atoms with Gasteiger partial charge in [0.25, 0.3) is 5.91 Å². The van der Waals surface area contributed by atoms with Crippen LogP contribution in [-0.4, -0.2) is 33.6 Å². The van der Waals surface area contributed by atoms with Crippen LogP contribution in [0.3, 0.4) is 0 Å². The minimum atomic E-state index is -5.03. The maximum atomic E-state index is 13.6. The zero-order valence-corrected chi connectivity index (χ0v) is 22.6. The fourth-order valence-corrected chi connectivity index (χ4v) is 6.54. The van der Waals surface area contributed by atoms with Gasteiger partial charge in [-0.2, -0.15) is 38.1 Å². The summed E-state index contributed by atoms with van der Waals surface area (Å²) >= 11 is 1.74. The van der Waals surface area contributed by atoms with Crippen molar-refractivity contribution in [1.82, 2.24) is 9.88 Å². The first kappa shape index (κ1) is 29.0. The molecule has 3 nitrogen and oxygen atoms in total. The number of alkyl halides is 6. The molecule has 0 bridgehead atoms. The maximum absolute atomic E-state index is 13.6. The lowest BCUT2D eigenvalue weighted by Gasteiger charge is -2.40. The molecule has 0 N–H and O–H groups in total. The molecule has 1 aromatic heterocycles. The minimum absolute atomic E-state index is 0.0455. The van der Waals surface area contributed by atoms with Crippen LogP contribution in [0.15, 0.2) is 85.1 Å². The number of pyridine rings is 1. The predicted molar refractivity (Wildman–Crippen MR) is 147 cm³/mol. The number of nitrogens with zero attached hydrogens (tertiary/aromatic N) is 2. The van der Waals surface area contributed by atoms with Gasteiger partial charge in [0.2, 0.25) is 0 Å². The van der Waals surface area contributed by atoms with Crippen molar-refractivity contribution in [1.29, 1.82) is 0 Å². The molecule has 41 heavy (non-hydrogen) atoms. The van der Waals surface area contributed by atoms with Crippen molar-refractivity contribution in [3.8, 4) is 0 Å². The van der Waals surface area contributed by atoms with Crippen LogP contribution in [-0.2, 0) is 24.5 Å². The zero-order valence-electron chi connectivity index (χ0n) is 21.8. The summed E-state index contributed by atoms with van der Waals surface area (Å²) < 4.78 is 80.9. The van der Waals surface area contributed by atoms with E-state index in [-0.39, 0.29) is 17.9 Å². The fourth-order valence-electron chi connectivity index (χ4n) is 5.25. The first-order chi connectivity index (χ1) is 19.5. The van der Waals surface area contributed by atoms with Crippen LogP contribution in [0.5, 0.6) is 0 Å². The van der Waals surface area contributed by atoms with Crippen LogP contribution >= 0.6 is 11.8 Å². The van der Waals surface area contributed by atoms with Crippen LogP contribution in [0.25, 0.3) is 10.9 Å².